The van der Waals surface area contributed by atoms with Gasteiger partial charge in [0.2, 0.25) is 0 Å². The van der Waals surface area contributed by atoms with Gasteiger partial charge in [0.05, 0.1) is 0 Å². The van der Waals surface area contributed by atoms with Crippen LogP contribution < -0.4 is 0 Å². The van der Waals surface area contributed by atoms with Crippen molar-refractivity contribution in [1.29, 1.82) is 0 Å². The van der Waals surface area contributed by atoms with E-state index >= 15 is 0 Å². The van der Waals surface area contributed by atoms with Crippen molar-refractivity contribution in [1.82, 2.24) is 0 Å². The molecule has 1 fully saturated rings. The third kappa shape index (κ3) is 2.74. The maximum absolute atomic E-state index is 8.08. The van der Waals surface area contributed by atoms with Crippen LogP contribution in [0.25, 0.3) is 10.4 Å². The second-order valence-corrected chi connectivity index (χ2v) is 4.08. The molecule has 1 saturated carbocycles. The molecule has 0 heterocycles. The third-order valence-electron chi connectivity index (χ3n) is 2.91. The Kier molecular flexibility index (Phi) is 3.42. The maximum Gasteiger partial charge on any atom is 0.0258 e. The van der Waals surface area contributed by atoms with E-state index in [1.807, 2.05) is 0 Å². The zero-order chi connectivity index (χ0) is 8.86. The first-order valence-electron chi connectivity index (χ1n) is 4.78. The van der Waals surface area contributed by atoms with Crippen LogP contribution >= 0.6 is 0 Å². The molecule has 3 nitrogen and oxygen atoms in total. The maximum atomic E-state index is 8.08. The second kappa shape index (κ2) is 4.36. The lowest BCUT2D eigenvalue weighted by Crippen LogP contribution is -2.10. The number of hydrogen-bond acceptors (Lipinski definition) is 1. The standard InChI is InChI=1S/C9H17N3/c1-9(5-2-3-6-9)7-4-8-11-12-10/h2-8H2,1H3. The van der Waals surface area contributed by atoms with Gasteiger partial charge in [-0.25, -0.2) is 0 Å². The number of nitrogens with zero attached hydrogens (tertiary/aromatic N) is 3. The van der Waals surface area contributed by atoms with Gasteiger partial charge in [0.25, 0.3) is 0 Å². The number of azide groups is 1. The summed E-state index contributed by atoms with van der Waals surface area (Å²) in [6.07, 6.45) is 7.79. The van der Waals surface area contributed by atoms with E-state index in [1.54, 1.807) is 0 Å². The van der Waals surface area contributed by atoms with Gasteiger partial charge in [0.1, 0.15) is 0 Å². The molecule has 1 rings (SSSR count). The van der Waals surface area contributed by atoms with Gasteiger partial charge in [-0.3, -0.25) is 0 Å². The lowest BCUT2D eigenvalue weighted by molar-refractivity contribution is 0.301. The van der Waals surface area contributed by atoms with Gasteiger partial charge >= 0.3 is 0 Å². The molecule has 0 amide bonds. The lowest BCUT2D eigenvalue weighted by Gasteiger charge is -2.22. The van der Waals surface area contributed by atoms with Crippen molar-refractivity contribution in [2.24, 2.45) is 10.5 Å². The van der Waals surface area contributed by atoms with Crippen molar-refractivity contribution < 1.29 is 0 Å². The van der Waals surface area contributed by atoms with E-state index in [2.05, 4.69) is 16.9 Å². The van der Waals surface area contributed by atoms with E-state index < -0.39 is 0 Å². The van der Waals surface area contributed by atoms with Gasteiger partial charge in [0.15, 0.2) is 0 Å². The minimum Gasteiger partial charge on any atom is -0.0940 e. The van der Waals surface area contributed by atoms with Crippen LogP contribution in [-0.2, 0) is 0 Å². The first kappa shape index (κ1) is 9.40. The first-order valence-corrected chi connectivity index (χ1v) is 4.78. The summed E-state index contributed by atoms with van der Waals surface area (Å²) < 4.78 is 0. The minimum atomic E-state index is 0.560. The van der Waals surface area contributed by atoms with Crippen LogP contribution in [0.3, 0.4) is 0 Å². The summed E-state index contributed by atoms with van der Waals surface area (Å²) in [5.41, 5.74) is 8.64. The largest absolute Gasteiger partial charge is 0.0940 e. The molecule has 0 saturated heterocycles. The second-order valence-electron chi connectivity index (χ2n) is 4.08. The summed E-state index contributed by atoms with van der Waals surface area (Å²) in [6, 6.07) is 0. The predicted molar refractivity (Wildman–Crippen MR) is 49.8 cm³/mol. The van der Waals surface area contributed by atoms with Gasteiger partial charge in [-0.05, 0) is 36.6 Å². The van der Waals surface area contributed by atoms with Gasteiger partial charge < -0.3 is 0 Å². The van der Waals surface area contributed by atoms with Crippen molar-refractivity contribution >= 4 is 0 Å². The molecular formula is C9H17N3. The quantitative estimate of drug-likeness (QED) is 0.265. The van der Waals surface area contributed by atoms with E-state index in [9.17, 15) is 0 Å². The fraction of sp³-hybridized carbons (Fsp3) is 1.00. The molecule has 0 bridgehead atoms. The van der Waals surface area contributed by atoms with Crippen molar-refractivity contribution in [2.75, 3.05) is 6.54 Å². The van der Waals surface area contributed by atoms with Crippen LogP contribution in [0.4, 0.5) is 0 Å². The topological polar surface area (TPSA) is 48.8 Å². The number of hydrogen-bond donors (Lipinski definition) is 0. The molecule has 0 N–H and O–H groups in total. The Balaban J connectivity index is 2.16. The fourth-order valence-corrected chi connectivity index (χ4v) is 2.10. The summed E-state index contributed by atoms with van der Waals surface area (Å²) >= 11 is 0. The van der Waals surface area contributed by atoms with Gasteiger partial charge in [-0.2, -0.15) is 0 Å². The molecule has 12 heavy (non-hydrogen) atoms. The normalized spacial score (nSPS) is 20.4. The molecule has 0 aromatic carbocycles. The zero-order valence-electron chi connectivity index (χ0n) is 7.79. The molecule has 0 atom stereocenters. The first-order chi connectivity index (χ1) is 5.77. The average Bonchev–Trinajstić information content (AvgIpc) is 2.47. The summed E-state index contributed by atoms with van der Waals surface area (Å²) in [4.78, 5) is 2.75. The highest BCUT2D eigenvalue weighted by Gasteiger charge is 2.27. The fourth-order valence-electron chi connectivity index (χ4n) is 2.10. The number of rotatable bonds is 4. The minimum absolute atomic E-state index is 0.560. The molecule has 0 aromatic rings. The van der Waals surface area contributed by atoms with E-state index in [4.69, 9.17) is 5.53 Å². The summed E-state index contributed by atoms with van der Waals surface area (Å²) in [5.74, 6) is 0. The highest BCUT2D eigenvalue weighted by Crippen LogP contribution is 2.41. The summed E-state index contributed by atoms with van der Waals surface area (Å²) in [7, 11) is 0. The Hall–Kier alpha value is -0.690. The van der Waals surface area contributed by atoms with Crippen LogP contribution in [0, 0.1) is 5.41 Å². The van der Waals surface area contributed by atoms with Gasteiger partial charge in [-0.15, -0.1) is 0 Å². The molecule has 68 valence electrons. The van der Waals surface area contributed by atoms with Gasteiger partial charge in [0, 0.05) is 11.5 Å². The summed E-state index contributed by atoms with van der Waals surface area (Å²) in [6.45, 7) is 3.03. The van der Waals surface area contributed by atoms with Crippen molar-refractivity contribution in [2.45, 2.75) is 45.4 Å². The Morgan fingerprint density at radius 3 is 2.67 bits per heavy atom. The van der Waals surface area contributed by atoms with Crippen LogP contribution in [-0.4, -0.2) is 6.54 Å². The molecule has 0 unspecified atom stereocenters. The third-order valence-corrected chi connectivity index (χ3v) is 2.91. The SMILES string of the molecule is CC1(CCCN=[N+]=[N-])CCCC1. The Morgan fingerprint density at radius 2 is 2.08 bits per heavy atom. The smallest absolute Gasteiger partial charge is 0.0258 e. The monoisotopic (exact) mass is 167 g/mol. The molecule has 0 spiro atoms. The molecule has 1 aliphatic rings. The van der Waals surface area contributed by atoms with Crippen LogP contribution in [0.15, 0.2) is 5.11 Å². The molecule has 0 aromatic heterocycles. The van der Waals surface area contributed by atoms with Gasteiger partial charge in [-0.1, -0.05) is 24.9 Å². The Bertz CT molecular complexity index is 176. The van der Waals surface area contributed by atoms with Crippen LogP contribution in [0.5, 0.6) is 0 Å². The Morgan fingerprint density at radius 1 is 1.42 bits per heavy atom. The predicted octanol–water partition coefficient (Wildman–Crippen LogP) is 3.66. The van der Waals surface area contributed by atoms with E-state index in [-0.39, 0.29) is 0 Å². The highest BCUT2D eigenvalue weighted by molar-refractivity contribution is 4.80. The molecule has 0 radical (unpaired) electrons. The molecular weight excluding hydrogens is 150 g/mol. The van der Waals surface area contributed by atoms with Crippen molar-refractivity contribution in [3.63, 3.8) is 0 Å². The van der Waals surface area contributed by atoms with E-state index in [0.717, 1.165) is 6.42 Å². The van der Waals surface area contributed by atoms with Crippen LogP contribution in [0.1, 0.15) is 45.4 Å². The summed E-state index contributed by atoms with van der Waals surface area (Å²) in [5, 5.41) is 3.54. The average molecular weight is 167 g/mol. The van der Waals surface area contributed by atoms with Crippen molar-refractivity contribution in [3.8, 4) is 0 Å². The molecule has 0 aliphatic heterocycles. The van der Waals surface area contributed by atoms with Crippen LogP contribution in [0.2, 0.25) is 0 Å². The zero-order valence-corrected chi connectivity index (χ0v) is 7.79. The molecule has 1 aliphatic carbocycles. The molecule has 3 heteroatoms. The van der Waals surface area contributed by atoms with E-state index in [0.29, 0.717) is 12.0 Å². The highest BCUT2D eigenvalue weighted by atomic mass is 15.1. The van der Waals surface area contributed by atoms with Crippen molar-refractivity contribution in [3.05, 3.63) is 10.4 Å². The van der Waals surface area contributed by atoms with E-state index in [1.165, 1.54) is 32.1 Å². The lowest BCUT2D eigenvalue weighted by atomic mass is 9.84. The Labute approximate surface area is 73.8 Å².